The van der Waals surface area contributed by atoms with Gasteiger partial charge in [-0.25, -0.2) is 4.79 Å². The molecular formula is C33H47N3O4. The number of benzene rings is 2. The van der Waals surface area contributed by atoms with Crippen molar-refractivity contribution in [2.45, 2.75) is 112 Å². The van der Waals surface area contributed by atoms with Crippen molar-refractivity contribution in [3.8, 4) is 0 Å². The maximum atomic E-state index is 14.5. The Morgan fingerprint density at radius 1 is 0.950 bits per heavy atom. The maximum absolute atomic E-state index is 14.5. The summed E-state index contributed by atoms with van der Waals surface area (Å²) in [5.41, 5.74) is 4.79. The Morgan fingerprint density at radius 3 is 2.05 bits per heavy atom. The number of nitrogens with zero attached hydrogens (tertiary/aromatic N) is 1. The van der Waals surface area contributed by atoms with E-state index in [0.717, 1.165) is 52.8 Å². The van der Waals surface area contributed by atoms with Crippen molar-refractivity contribution in [2.24, 2.45) is 5.92 Å². The number of carbonyl (C=O) groups excluding carboxylic acids is 3. The van der Waals surface area contributed by atoms with E-state index in [9.17, 15) is 14.4 Å². The molecule has 1 fully saturated rings. The number of para-hydroxylation sites is 1. The summed E-state index contributed by atoms with van der Waals surface area (Å²) in [6.07, 6.45) is 2.40. The number of rotatable bonds is 9. The lowest BCUT2D eigenvalue weighted by Gasteiger charge is -2.44. The molecule has 0 aromatic heterocycles. The van der Waals surface area contributed by atoms with Gasteiger partial charge in [0.15, 0.2) is 0 Å². The Hall–Kier alpha value is -3.35. The molecule has 2 aromatic rings. The zero-order chi connectivity index (χ0) is 29.8. The summed E-state index contributed by atoms with van der Waals surface area (Å²) in [6.45, 7) is 17.4. The van der Waals surface area contributed by atoms with Gasteiger partial charge in [-0.1, -0.05) is 50.2 Å². The molecular weight excluding hydrogens is 502 g/mol. The van der Waals surface area contributed by atoms with Crippen LogP contribution in [0, 0.1) is 33.6 Å². The molecule has 0 saturated heterocycles. The van der Waals surface area contributed by atoms with Crippen LogP contribution < -0.4 is 10.6 Å². The molecule has 1 aliphatic rings. The molecule has 0 bridgehead atoms. The quantitative estimate of drug-likeness (QED) is 0.355. The molecule has 2 atom stereocenters. The smallest absolute Gasteiger partial charge is 0.408 e. The van der Waals surface area contributed by atoms with Crippen molar-refractivity contribution in [1.82, 2.24) is 10.2 Å². The lowest BCUT2D eigenvalue weighted by molar-refractivity contribution is -0.146. The molecule has 218 valence electrons. The molecule has 1 aliphatic carbocycles. The van der Waals surface area contributed by atoms with Gasteiger partial charge in [0.05, 0.1) is 0 Å². The van der Waals surface area contributed by atoms with Crippen LogP contribution in [-0.2, 0) is 14.3 Å². The van der Waals surface area contributed by atoms with Gasteiger partial charge in [-0.2, -0.15) is 0 Å². The van der Waals surface area contributed by atoms with Gasteiger partial charge in [-0.05, 0) is 108 Å². The highest BCUT2D eigenvalue weighted by molar-refractivity contribution is 6.00. The third kappa shape index (κ3) is 7.64. The van der Waals surface area contributed by atoms with E-state index in [1.54, 1.807) is 25.7 Å². The Kier molecular flexibility index (Phi) is 10.0. The van der Waals surface area contributed by atoms with E-state index >= 15 is 0 Å². The normalized spacial score (nSPS) is 15.2. The zero-order valence-corrected chi connectivity index (χ0v) is 25.7. The van der Waals surface area contributed by atoms with E-state index in [2.05, 4.69) is 10.6 Å². The topological polar surface area (TPSA) is 87.7 Å². The number of aryl methyl sites for hydroxylation is 3. The highest BCUT2D eigenvalue weighted by Crippen LogP contribution is 2.37. The number of nitrogens with one attached hydrogen (secondary N) is 2. The van der Waals surface area contributed by atoms with Crippen molar-refractivity contribution in [3.05, 3.63) is 64.2 Å². The van der Waals surface area contributed by atoms with E-state index in [1.165, 1.54) is 0 Å². The first-order valence-electron chi connectivity index (χ1n) is 14.4. The van der Waals surface area contributed by atoms with Gasteiger partial charge < -0.3 is 20.3 Å². The summed E-state index contributed by atoms with van der Waals surface area (Å²) in [7, 11) is 0. The van der Waals surface area contributed by atoms with Crippen LogP contribution in [0.25, 0.3) is 0 Å². The van der Waals surface area contributed by atoms with E-state index in [1.807, 2.05) is 77.9 Å². The maximum Gasteiger partial charge on any atom is 0.408 e. The molecule has 40 heavy (non-hydrogen) atoms. The molecule has 2 N–H and O–H groups in total. The van der Waals surface area contributed by atoms with E-state index in [-0.39, 0.29) is 23.8 Å². The third-order valence-corrected chi connectivity index (χ3v) is 7.62. The number of amides is 3. The third-order valence-electron chi connectivity index (χ3n) is 7.62. The minimum Gasteiger partial charge on any atom is -0.444 e. The van der Waals surface area contributed by atoms with Gasteiger partial charge in [0.1, 0.15) is 17.7 Å². The Balaban J connectivity index is 2.10. The lowest BCUT2D eigenvalue weighted by Crippen LogP contribution is -2.57. The number of hydrogen-bond donors (Lipinski definition) is 2. The molecule has 2 unspecified atom stereocenters. The molecule has 1 saturated carbocycles. The molecule has 3 amide bonds. The summed E-state index contributed by atoms with van der Waals surface area (Å²) in [6, 6.07) is 10.0. The standard InChI is InChI=1S/C33H47N3O4/c1-20(2)19-27(34-32(39)40-33(7,8)9)31(38)36(25-16-12-17-25)29(26-18-11-13-21(3)24(26)6)30(37)35-28-22(4)14-10-15-23(28)5/h10-11,13-15,18,20,25,27,29H,12,16-17,19H2,1-9H3,(H,34,39)(H,35,37). The molecule has 7 nitrogen and oxygen atoms in total. The van der Waals surface area contributed by atoms with Gasteiger partial charge in [-0.15, -0.1) is 0 Å². The van der Waals surface area contributed by atoms with Gasteiger partial charge in [-0.3, -0.25) is 9.59 Å². The fourth-order valence-electron chi connectivity index (χ4n) is 5.20. The first-order valence-corrected chi connectivity index (χ1v) is 14.4. The highest BCUT2D eigenvalue weighted by Gasteiger charge is 2.42. The Bertz CT molecular complexity index is 1210. The summed E-state index contributed by atoms with van der Waals surface area (Å²) < 4.78 is 5.51. The van der Waals surface area contributed by atoms with E-state index in [4.69, 9.17) is 4.74 Å². The van der Waals surface area contributed by atoms with Crippen LogP contribution >= 0.6 is 0 Å². The van der Waals surface area contributed by atoms with Gasteiger partial charge in [0, 0.05) is 11.7 Å². The van der Waals surface area contributed by atoms with Gasteiger partial charge >= 0.3 is 6.09 Å². The zero-order valence-electron chi connectivity index (χ0n) is 25.7. The summed E-state index contributed by atoms with van der Waals surface area (Å²) >= 11 is 0. The first-order chi connectivity index (χ1) is 18.7. The van der Waals surface area contributed by atoms with Crippen LogP contribution in [0.4, 0.5) is 10.5 Å². The summed E-state index contributed by atoms with van der Waals surface area (Å²) in [5.74, 6) is -0.381. The van der Waals surface area contributed by atoms with Gasteiger partial charge in [0.2, 0.25) is 5.91 Å². The molecule has 0 aliphatic heterocycles. The van der Waals surface area contributed by atoms with Crippen LogP contribution in [0.1, 0.15) is 94.2 Å². The minimum atomic E-state index is -0.855. The van der Waals surface area contributed by atoms with Crippen LogP contribution in [0.2, 0.25) is 0 Å². The van der Waals surface area contributed by atoms with E-state index in [0.29, 0.717) is 6.42 Å². The number of anilines is 1. The monoisotopic (exact) mass is 549 g/mol. The molecule has 3 rings (SSSR count). The second-order valence-electron chi connectivity index (χ2n) is 12.6. The number of ether oxygens (including phenoxy) is 1. The second-order valence-corrected chi connectivity index (χ2v) is 12.6. The summed E-state index contributed by atoms with van der Waals surface area (Å²) in [4.78, 5) is 43.4. The average Bonchev–Trinajstić information content (AvgIpc) is 2.80. The van der Waals surface area contributed by atoms with Crippen molar-refractivity contribution >= 4 is 23.6 Å². The minimum absolute atomic E-state index is 0.101. The predicted octanol–water partition coefficient (Wildman–Crippen LogP) is 6.92. The van der Waals surface area contributed by atoms with E-state index < -0.39 is 23.8 Å². The average molecular weight is 550 g/mol. The molecule has 0 heterocycles. The number of alkyl carbamates (subject to hydrolysis) is 1. The second kappa shape index (κ2) is 12.9. The predicted molar refractivity (Wildman–Crippen MR) is 160 cm³/mol. The molecule has 2 aromatic carbocycles. The lowest BCUT2D eigenvalue weighted by atomic mass is 9.86. The largest absolute Gasteiger partial charge is 0.444 e. The van der Waals surface area contributed by atoms with Crippen molar-refractivity contribution in [2.75, 3.05) is 5.32 Å². The summed E-state index contributed by atoms with van der Waals surface area (Å²) in [5, 5.41) is 6.01. The number of hydrogen-bond acceptors (Lipinski definition) is 4. The first kappa shape index (κ1) is 31.2. The highest BCUT2D eigenvalue weighted by atomic mass is 16.6. The Morgan fingerprint density at radius 2 is 1.52 bits per heavy atom. The van der Waals surface area contributed by atoms with Crippen molar-refractivity contribution < 1.29 is 19.1 Å². The van der Waals surface area contributed by atoms with Gasteiger partial charge in [0.25, 0.3) is 5.91 Å². The fourth-order valence-corrected chi connectivity index (χ4v) is 5.20. The molecule has 7 heteroatoms. The molecule has 0 spiro atoms. The molecule has 0 radical (unpaired) electrons. The Labute approximate surface area is 240 Å². The van der Waals surface area contributed by atoms with Crippen LogP contribution in [0.3, 0.4) is 0 Å². The SMILES string of the molecule is Cc1cccc(C(C(=O)Nc2c(C)cccc2C)N(C(=O)C(CC(C)C)NC(=O)OC(C)(C)C)C2CCC2)c1C. The fraction of sp³-hybridized carbons (Fsp3) is 0.545. The van der Waals surface area contributed by atoms with Crippen LogP contribution in [-0.4, -0.2) is 40.5 Å². The van der Waals surface area contributed by atoms with Crippen molar-refractivity contribution in [1.29, 1.82) is 0 Å². The van der Waals surface area contributed by atoms with Crippen LogP contribution in [0.5, 0.6) is 0 Å². The van der Waals surface area contributed by atoms with Crippen LogP contribution in [0.15, 0.2) is 36.4 Å². The number of carbonyl (C=O) groups is 3. The van der Waals surface area contributed by atoms with Crippen molar-refractivity contribution in [3.63, 3.8) is 0 Å².